The van der Waals surface area contributed by atoms with Crippen LogP contribution in [-0.4, -0.2) is 48.9 Å². The number of benzene rings is 3. The summed E-state index contributed by atoms with van der Waals surface area (Å²) in [5.41, 5.74) is 4.11. The van der Waals surface area contributed by atoms with Gasteiger partial charge in [-0.2, -0.15) is 0 Å². The van der Waals surface area contributed by atoms with Crippen LogP contribution in [0.4, 0.5) is 10.1 Å². The van der Waals surface area contributed by atoms with Crippen molar-refractivity contribution in [3.63, 3.8) is 0 Å². The molecule has 3 atom stereocenters. The second-order valence-electron chi connectivity index (χ2n) is 9.94. The maximum Gasteiger partial charge on any atom is 0.258 e. The second kappa shape index (κ2) is 9.05. The van der Waals surface area contributed by atoms with E-state index in [2.05, 4.69) is 13.1 Å². The molecule has 0 radical (unpaired) electrons. The number of Topliss-reactive ketones (excluding diaryl/α,β-unsaturated/α-hetero) is 1. The lowest BCUT2D eigenvalue weighted by Crippen LogP contribution is -2.58. The number of quaternary nitrogens is 1. The maximum atomic E-state index is 13.6. The van der Waals surface area contributed by atoms with E-state index in [0.29, 0.717) is 32.2 Å². The van der Waals surface area contributed by atoms with Gasteiger partial charge < -0.3 is 9.38 Å². The molecule has 0 aliphatic carbocycles. The van der Waals surface area contributed by atoms with Crippen molar-refractivity contribution in [3.05, 3.63) is 98.8 Å². The quantitative estimate of drug-likeness (QED) is 0.305. The summed E-state index contributed by atoms with van der Waals surface area (Å²) < 4.78 is 14.0. The van der Waals surface area contributed by atoms with Gasteiger partial charge in [-0.05, 0) is 61.0 Å². The molecule has 2 aliphatic heterocycles. The Bertz CT molecular complexity index is 1330. The lowest BCUT2D eigenvalue weighted by Gasteiger charge is -2.44. The highest BCUT2D eigenvalue weighted by Crippen LogP contribution is 2.47. The second-order valence-corrected chi connectivity index (χ2v) is 10.8. The number of piperidine rings is 1. The van der Waals surface area contributed by atoms with Crippen LogP contribution in [0, 0.1) is 12.7 Å². The summed E-state index contributed by atoms with van der Waals surface area (Å²) in [7, 11) is 2.10. The number of ketones is 1. The Hall–Kier alpha value is -2.73. The molecule has 2 aliphatic rings. The Balaban J connectivity index is 1.44. The summed E-state index contributed by atoms with van der Waals surface area (Å²) >= 11 is 12.3. The van der Waals surface area contributed by atoms with Crippen LogP contribution in [0.2, 0.25) is 10.0 Å². The summed E-state index contributed by atoms with van der Waals surface area (Å²) in [5.74, 6) is -0.411. The van der Waals surface area contributed by atoms with E-state index in [4.69, 9.17) is 23.2 Å². The third-order valence-electron chi connectivity index (χ3n) is 7.31. The van der Waals surface area contributed by atoms with Crippen LogP contribution < -0.4 is 4.90 Å². The average Bonchev–Trinajstić information content (AvgIpc) is 3.11. The highest BCUT2D eigenvalue weighted by Gasteiger charge is 2.49. The first-order valence-corrected chi connectivity index (χ1v) is 12.4. The Morgan fingerprint density at radius 3 is 2.51 bits per heavy atom. The number of anilines is 1. The molecule has 180 valence electrons. The van der Waals surface area contributed by atoms with Crippen LogP contribution in [0.25, 0.3) is 0 Å². The average molecular weight is 512 g/mol. The summed E-state index contributed by atoms with van der Waals surface area (Å²) in [6, 6.07) is 16.8. The molecule has 2 heterocycles. The van der Waals surface area contributed by atoms with Crippen molar-refractivity contribution in [2.75, 3.05) is 31.6 Å². The molecular formula is C28H26Cl2FN2O2+. The van der Waals surface area contributed by atoms with E-state index in [1.54, 1.807) is 18.2 Å². The molecule has 0 aromatic heterocycles. The molecule has 0 unspecified atom stereocenters. The smallest absolute Gasteiger partial charge is 0.258 e. The lowest BCUT2D eigenvalue weighted by atomic mass is 9.87. The number of rotatable bonds is 4. The predicted molar refractivity (Wildman–Crippen MR) is 137 cm³/mol. The number of aryl methyl sites for hydroxylation is 1. The molecule has 1 fully saturated rings. The minimum Gasteiger partial charge on any atom is -0.319 e. The van der Waals surface area contributed by atoms with Crippen molar-refractivity contribution in [2.24, 2.45) is 0 Å². The van der Waals surface area contributed by atoms with E-state index in [1.807, 2.05) is 24.0 Å². The van der Waals surface area contributed by atoms with Gasteiger partial charge in [-0.15, -0.1) is 0 Å². The standard InChI is InChI=1S/C28H26Cl2FN2O2/c1-17-3-10-25-22(13-17)23-15-33(2,16-27(34)21-9-6-19(29)14-24(21)30)12-11-26(23)32(25)28(35)18-4-7-20(31)8-5-18/h3-10,13-14,23,26H,11-12,15-16H2,1-2H3/q+1/t23-,26-,33-/m0/s1. The Morgan fingerprint density at radius 2 is 1.80 bits per heavy atom. The fourth-order valence-corrected chi connectivity index (χ4v) is 6.11. The van der Waals surface area contributed by atoms with E-state index in [-0.39, 0.29) is 29.5 Å². The molecule has 0 spiro atoms. The van der Waals surface area contributed by atoms with Gasteiger partial charge in [0.05, 0.1) is 37.1 Å². The summed E-state index contributed by atoms with van der Waals surface area (Å²) in [6.07, 6.45) is 0.753. The molecule has 0 saturated carbocycles. The third-order valence-corrected chi connectivity index (χ3v) is 7.85. The van der Waals surface area contributed by atoms with E-state index in [1.165, 1.54) is 24.3 Å². The molecule has 0 N–H and O–H groups in total. The van der Waals surface area contributed by atoms with E-state index in [0.717, 1.165) is 36.3 Å². The zero-order valence-corrected chi connectivity index (χ0v) is 21.1. The molecule has 0 bridgehead atoms. The minimum atomic E-state index is -0.368. The van der Waals surface area contributed by atoms with E-state index >= 15 is 0 Å². The zero-order chi connectivity index (χ0) is 24.9. The summed E-state index contributed by atoms with van der Waals surface area (Å²) in [5, 5.41) is 0.860. The number of hydrogen-bond donors (Lipinski definition) is 0. The number of hydrogen-bond acceptors (Lipinski definition) is 2. The topological polar surface area (TPSA) is 37.4 Å². The number of amides is 1. The number of carbonyl (C=O) groups excluding carboxylic acids is 2. The fraction of sp³-hybridized carbons (Fsp3) is 0.286. The molecule has 1 saturated heterocycles. The Labute approximate surface area is 214 Å². The lowest BCUT2D eigenvalue weighted by molar-refractivity contribution is -0.907. The third kappa shape index (κ3) is 4.49. The first-order valence-electron chi connectivity index (χ1n) is 11.7. The first-order chi connectivity index (χ1) is 16.6. The van der Waals surface area contributed by atoms with Crippen LogP contribution >= 0.6 is 23.2 Å². The normalized spacial score (nSPS) is 23.1. The number of carbonyl (C=O) groups is 2. The van der Waals surface area contributed by atoms with E-state index in [9.17, 15) is 14.0 Å². The van der Waals surface area contributed by atoms with Crippen LogP contribution in [0.3, 0.4) is 0 Å². The number of likely N-dealkylation sites (N-methyl/N-ethyl adjacent to an activating group) is 1. The zero-order valence-electron chi connectivity index (χ0n) is 19.6. The highest BCUT2D eigenvalue weighted by atomic mass is 35.5. The number of nitrogens with zero attached hydrogens (tertiary/aromatic N) is 2. The molecule has 1 amide bonds. The van der Waals surface area contributed by atoms with Crippen LogP contribution in [-0.2, 0) is 0 Å². The van der Waals surface area contributed by atoms with Gasteiger partial charge in [-0.25, -0.2) is 4.39 Å². The van der Waals surface area contributed by atoms with Gasteiger partial charge in [0, 0.05) is 28.3 Å². The SMILES string of the molecule is Cc1ccc2c(c1)[C@@H]1C[N@@+](C)(CC(=O)c3ccc(Cl)cc3Cl)CC[C@@H]1N2C(=O)c1ccc(F)cc1. The summed E-state index contributed by atoms with van der Waals surface area (Å²) in [6.45, 7) is 3.84. The molecule has 4 nitrogen and oxygen atoms in total. The molecular weight excluding hydrogens is 486 g/mol. The van der Waals surface area contributed by atoms with Gasteiger partial charge in [0.2, 0.25) is 5.78 Å². The van der Waals surface area contributed by atoms with E-state index < -0.39 is 0 Å². The van der Waals surface area contributed by atoms with Crippen molar-refractivity contribution >= 4 is 40.6 Å². The van der Waals surface area contributed by atoms with Crippen molar-refractivity contribution in [2.45, 2.75) is 25.3 Å². The molecule has 7 heteroatoms. The van der Waals surface area contributed by atoms with Gasteiger partial charge in [0.25, 0.3) is 5.91 Å². The Morgan fingerprint density at radius 1 is 1.06 bits per heavy atom. The van der Waals surface area contributed by atoms with Gasteiger partial charge in [-0.1, -0.05) is 40.9 Å². The molecule has 5 rings (SSSR count). The van der Waals surface area contributed by atoms with Crippen LogP contribution in [0.15, 0.2) is 60.7 Å². The maximum absolute atomic E-state index is 13.6. The predicted octanol–water partition coefficient (Wildman–Crippen LogP) is 6.29. The monoisotopic (exact) mass is 511 g/mol. The molecule has 3 aromatic carbocycles. The van der Waals surface area contributed by atoms with Crippen molar-refractivity contribution < 1.29 is 18.5 Å². The summed E-state index contributed by atoms with van der Waals surface area (Å²) in [4.78, 5) is 28.6. The number of likely N-dealkylation sites (tertiary alicyclic amines) is 1. The van der Waals surface area contributed by atoms with Crippen molar-refractivity contribution in [3.8, 4) is 0 Å². The van der Waals surface area contributed by atoms with Gasteiger partial charge in [0.15, 0.2) is 0 Å². The first kappa shape index (κ1) is 24.0. The number of fused-ring (bicyclic) bond motifs is 3. The fourth-order valence-electron chi connectivity index (χ4n) is 5.60. The largest absolute Gasteiger partial charge is 0.319 e. The van der Waals surface area contributed by atoms with Crippen molar-refractivity contribution in [1.29, 1.82) is 0 Å². The van der Waals surface area contributed by atoms with Crippen molar-refractivity contribution in [1.82, 2.24) is 0 Å². The van der Waals surface area contributed by atoms with Crippen LogP contribution in [0.5, 0.6) is 0 Å². The van der Waals surface area contributed by atoms with Gasteiger partial charge in [-0.3, -0.25) is 9.59 Å². The molecule has 3 aromatic rings. The van der Waals surface area contributed by atoms with Crippen LogP contribution in [0.1, 0.15) is 44.2 Å². The van der Waals surface area contributed by atoms with Gasteiger partial charge in [0.1, 0.15) is 12.4 Å². The Kier molecular flexibility index (Phi) is 6.20. The molecule has 35 heavy (non-hydrogen) atoms. The highest BCUT2D eigenvalue weighted by molar-refractivity contribution is 6.36. The van der Waals surface area contributed by atoms with Gasteiger partial charge >= 0.3 is 0 Å². The number of halogens is 3. The minimum absolute atomic E-state index is 0.00947.